The fourth-order valence-corrected chi connectivity index (χ4v) is 3.28. The van der Waals surface area contributed by atoms with Crippen molar-refractivity contribution in [1.82, 2.24) is 10.2 Å². The van der Waals surface area contributed by atoms with Crippen molar-refractivity contribution in [3.05, 3.63) is 71.3 Å². The third-order valence-corrected chi connectivity index (χ3v) is 4.73. The zero-order valence-corrected chi connectivity index (χ0v) is 14.3. The van der Waals surface area contributed by atoms with Gasteiger partial charge in [0.05, 0.1) is 11.6 Å². The molecule has 1 N–H and O–H groups in total. The van der Waals surface area contributed by atoms with Crippen LogP contribution in [0, 0.1) is 17.2 Å². The lowest BCUT2D eigenvalue weighted by atomic mass is 9.95. The Morgan fingerprint density at radius 3 is 2.52 bits per heavy atom. The largest absolute Gasteiger partial charge is 0.352 e. The van der Waals surface area contributed by atoms with E-state index in [9.17, 15) is 4.79 Å². The maximum Gasteiger partial charge on any atom is 0.223 e. The van der Waals surface area contributed by atoms with Crippen molar-refractivity contribution in [2.24, 2.45) is 5.92 Å². The van der Waals surface area contributed by atoms with E-state index in [2.05, 4.69) is 22.4 Å². The van der Waals surface area contributed by atoms with Crippen LogP contribution in [0.4, 0.5) is 0 Å². The van der Waals surface area contributed by atoms with Gasteiger partial charge in [-0.25, -0.2) is 0 Å². The Morgan fingerprint density at radius 2 is 1.80 bits per heavy atom. The predicted octanol–water partition coefficient (Wildman–Crippen LogP) is 3.09. The Kier molecular flexibility index (Phi) is 5.81. The molecule has 1 saturated heterocycles. The molecule has 25 heavy (non-hydrogen) atoms. The van der Waals surface area contributed by atoms with Crippen molar-refractivity contribution in [3.63, 3.8) is 0 Å². The van der Waals surface area contributed by atoms with Gasteiger partial charge in [-0.2, -0.15) is 5.26 Å². The SMILES string of the molecule is N#Cc1cccc(CN2CCC(C(=O)NCc3ccccc3)CC2)c1. The molecule has 1 amide bonds. The van der Waals surface area contributed by atoms with Gasteiger partial charge in [-0.3, -0.25) is 9.69 Å². The summed E-state index contributed by atoms with van der Waals surface area (Å²) in [6.45, 7) is 3.27. The number of carbonyl (C=O) groups is 1. The summed E-state index contributed by atoms with van der Waals surface area (Å²) in [4.78, 5) is 14.7. The first-order valence-electron chi connectivity index (χ1n) is 8.77. The quantitative estimate of drug-likeness (QED) is 0.915. The number of piperidine rings is 1. The average molecular weight is 333 g/mol. The molecule has 0 aromatic heterocycles. The number of nitrogens with zero attached hydrogens (tertiary/aromatic N) is 2. The molecule has 0 radical (unpaired) electrons. The number of amides is 1. The van der Waals surface area contributed by atoms with Crippen LogP contribution in [0.1, 0.15) is 29.5 Å². The van der Waals surface area contributed by atoms with Crippen molar-refractivity contribution in [2.45, 2.75) is 25.9 Å². The van der Waals surface area contributed by atoms with E-state index in [0.717, 1.165) is 43.6 Å². The highest BCUT2D eigenvalue weighted by Gasteiger charge is 2.24. The van der Waals surface area contributed by atoms with Gasteiger partial charge in [-0.05, 0) is 49.2 Å². The number of hydrogen-bond acceptors (Lipinski definition) is 3. The first-order valence-corrected chi connectivity index (χ1v) is 8.77. The normalized spacial score (nSPS) is 15.5. The van der Waals surface area contributed by atoms with Gasteiger partial charge in [-0.15, -0.1) is 0 Å². The summed E-state index contributed by atoms with van der Waals surface area (Å²) in [7, 11) is 0. The van der Waals surface area contributed by atoms with Gasteiger partial charge in [0, 0.05) is 19.0 Å². The summed E-state index contributed by atoms with van der Waals surface area (Å²) >= 11 is 0. The van der Waals surface area contributed by atoms with E-state index in [1.54, 1.807) is 0 Å². The lowest BCUT2D eigenvalue weighted by molar-refractivity contribution is -0.126. The van der Waals surface area contributed by atoms with Crippen LogP contribution in [0.2, 0.25) is 0 Å². The fraction of sp³-hybridized carbons (Fsp3) is 0.333. The van der Waals surface area contributed by atoms with Crippen LogP contribution in [-0.2, 0) is 17.9 Å². The number of carbonyl (C=O) groups excluding carboxylic acids is 1. The van der Waals surface area contributed by atoms with Crippen molar-refractivity contribution in [2.75, 3.05) is 13.1 Å². The zero-order chi connectivity index (χ0) is 17.5. The van der Waals surface area contributed by atoms with Crippen LogP contribution < -0.4 is 5.32 Å². The smallest absolute Gasteiger partial charge is 0.223 e. The molecule has 2 aromatic carbocycles. The van der Waals surface area contributed by atoms with Gasteiger partial charge in [-0.1, -0.05) is 42.5 Å². The standard InChI is InChI=1S/C21H23N3O/c22-14-18-7-4-8-19(13-18)16-24-11-9-20(10-12-24)21(25)23-15-17-5-2-1-3-6-17/h1-8,13,20H,9-12,15-16H2,(H,23,25). The topological polar surface area (TPSA) is 56.1 Å². The van der Waals surface area contributed by atoms with Crippen molar-refractivity contribution in [3.8, 4) is 6.07 Å². The third-order valence-electron chi connectivity index (χ3n) is 4.73. The van der Waals surface area contributed by atoms with Crippen LogP contribution in [0.25, 0.3) is 0 Å². The Morgan fingerprint density at radius 1 is 1.08 bits per heavy atom. The highest BCUT2D eigenvalue weighted by molar-refractivity contribution is 5.78. The van der Waals surface area contributed by atoms with E-state index in [-0.39, 0.29) is 11.8 Å². The molecule has 128 valence electrons. The summed E-state index contributed by atoms with van der Waals surface area (Å²) in [6.07, 6.45) is 1.77. The summed E-state index contributed by atoms with van der Waals surface area (Å²) in [5.41, 5.74) is 2.99. The van der Waals surface area contributed by atoms with Crippen molar-refractivity contribution < 1.29 is 4.79 Å². The summed E-state index contributed by atoms with van der Waals surface area (Å²) in [5.74, 6) is 0.264. The van der Waals surface area contributed by atoms with E-state index in [4.69, 9.17) is 5.26 Å². The molecule has 0 atom stereocenters. The van der Waals surface area contributed by atoms with Crippen molar-refractivity contribution in [1.29, 1.82) is 5.26 Å². The number of hydrogen-bond donors (Lipinski definition) is 1. The van der Waals surface area contributed by atoms with Gasteiger partial charge in [0.2, 0.25) is 5.91 Å². The minimum Gasteiger partial charge on any atom is -0.352 e. The Hall–Kier alpha value is -2.64. The van der Waals surface area contributed by atoms with Gasteiger partial charge < -0.3 is 5.32 Å². The van der Waals surface area contributed by atoms with Crippen LogP contribution in [0.3, 0.4) is 0 Å². The van der Waals surface area contributed by atoms with Gasteiger partial charge in [0.15, 0.2) is 0 Å². The average Bonchev–Trinajstić information content (AvgIpc) is 2.67. The molecule has 1 aliphatic heterocycles. The molecular weight excluding hydrogens is 310 g/mol. The predicted molar refractivity (Wildman–Crippen MR) is 97.4 cm³/mol. The summed E-state index contributed by atoms with van der Waals surface area (Å²) in [5, 5.41) is 12.0. The van der Waals surface area contributed by atoms with Crippen LogP contribution in [-0.4, -0.2) is 23.9 Å². The second kappa shape index (κ2) is 8.46. The van der Waals surface area contributed by atoms with Gasteiger partial charge in [0.1, 0.15) is 0 Å². The molecule has 0 saturated carbocycles. The first kappa shape index (κ1) is 17.2. The summed E-state index contributed by atoms with van der Waals surface area (Å²) < 4.78 is 0. The third kappa shape index (κ3) is 4.91. The molecule has 3 rings (SSSR count). The van der Waals surface area contributed by atoms with Gasteiger partial charge in [0.25, 0.3) is 0 Å². The molecule has 0 aliphatic carbocycles. The molecule has 1 aliphatic rings. The van der Waals surface area contributed by atoms with E-state index >= 15 is 0 Å². The second-order valence-corrected chi connectivity index (χ2v) is 6.57. The number of nitrogens with one attached hydrogen (secondary N) is 1. The lowest BCUT2D eigenvalue weighted by Gasteiger charge is -2.31. The lowest BCUT2D eigenvalue weighted by Crippen LogP contribution is -2.40. The minimum absolute atomic E-state index is 0.102. The first-order chi connectivity index (χ1) is 12.2. The second-order valence-electron chi connectivity index (χ2n) is 6.57. The molecule has 1 fully saturated rings. The highest BCUT2D eigenvalue weighted by atomic mass is 16.1. The fourth-order valence-electron chi connectivity index (χ4n) is 3.28. The molecule has 0 unspecified atom stereocenters. The van der Waals surface area contributed by atoms with E-state index in [1.807, 2.05) is 48.5 Å². The Labute approximate surface area is 149 Å². The number of benzene rings is 2. The van der Waals surface area contributed by atoms with Gasteiger partial charge >= 0.3 is 0 Å². The van der Waals surface area contributed by atoms with Crippen molar-refractivity contribution >= 4 is 5.91 Å². The van der Waals surface area contributed by atoms with E-state index in [0.29, 0.717) is 12.1 Å². The zero-order valence-electron chi connectivity index (χ0n) is 14.3. The minimum atomic E-state index is 0.102. The number of nitriles is 1. The Balaban J connectivity index is 1.45. The molecule has 0 bridgehead atoms. The molecule has 4 heteroatoms. The molecular formula is C21H23N3O. The summed E-state index contributed by atoms with van der Waals surface area (Å²) in [6, 6.07) is 19.9. The maximum atomic E-state index is 12.4. The maximum absolute atomic E-state index is 12.4. The molecule has 1 heterocycles. The van der Waals surface area contributed by atoms with Crippen LogP contribution in [0.15, 0.2) is 54.6 Å². The molecule has 2 aromatic rings. The number of rotatable bonds is 5. The Bertz CT molecular complexity index is 743. The number of likely N-dealkylation sites (tertiary alicyclic amines) is 1. The monoisotopic (exact) mass is 333 g/mol. The molecule has 4 nitrogen and oxygen atoms in total. The van der Waals surface area contributed by atoms with Crippen LogP contribution in [0.5, 0.6) is 0 Å². The van der Waals surface area contributed by atoms with E-state index < -0.39 is 0 Å². The highest BCUT2D eigenvalue weighted by Crippen LogP contribution is 2.19. The molecule has 0 spiro atoms. The van der Waals surface area contributed by atoms with Crippen LogP contribution >= 0.6 is 0 Å². The van der Waals surface area contributed by atoms with E-state index in [1.165, 1.54) is 0 Å².